The van der Waals surface area contributed by atoms with Crippen LogP contribution in [-0.2, 0) is 0 Å². The van der Waals surface area contributed by atoms with Crippen LogP contribution in [-0.4, -0.2) is 7.05 Å². The Morgan fingerprint density at radius 2 is 1.61 bits per heavy atom. The molecule has 1 nitrogen and oxygen atoms in total. The molecule has 1 unspecified atom stereocenters. The second kappa shape index (κ2) is 4.92. The highest BCUT2D eigenvalue weighted by Gasteiger charge is 2.39. The molecule has 0 radical (unpaired) electrons. The summed E-state index contributed by atoms with van der Waals surface area (Å²) >= 11 is 0. The molecule has 0 aliphatic heterocycles. The Bertz CT molecular complexity index is 416. The Morgan fingerprint density at radius 3 is 2.06 bits per heavy atom. The summed E-state index contributed by atoms with van der Waals surface area (Å²) in [5, 5.41) is 3.00. The van der Waals surface area contributed by atoms with Crippen LogP contribution < -0.4 is 5.32 Å². The highest BCUT2D eigenvalue weighted by Crippen LogP contribution is 2.48. The SMILES string of the molecule is CNC(c1c(F)cc(F)cc1F)C1(C)CCCC1. The predicted octanol–water partition coefficient (Wildman–Crippen LogP) is 3.94. The first kappa shape index (κ1) is 13.4. The summed E-state index contributed by atoms with van der Waals surface area (Å²) in [6, 6.07) is 1.09. The van der Waals surface area contributed by atoms with Gasteiger partial charge in [-0.3, -0.25) is 0 Å². The standard InChI is InChI=1S/C14H18F3N/c1-14(5-3-4-6-14)13(18-2)12-10(16)7-9(15)8-11(12)17/h7-8,13,18H,3-6H2,1-2H3. The lowest BCUT2D eigenvalue weighted by atomic mass is 9.77. The average Bonchev–Trinajstić information content (AvgIpc) is 2.71. The Balaban J connectivity index is 2.45. The lowest BCUT2D eigenvalue weighted by Crippen LogP contribution is -2.33. The van der Waals surface area contributed by atoms with Crippen molar-refractivity contribution >= 4 is 0 Å². The Labute approximate surface area is 105 Å². The molecular weight excluding hydrogens is 239 g/mol. The summed E-state index contributed by atoms with van der Waals surface area (Å²) in [6.45, 7) is 2.03. The average molecular weight is 257 g/mol. The molecule has 2 rings (SSSR count). The van der Waals surface area contributed by atoms with E-state index in [4.69, 9.17) is 0 Å². The molecule has 0 heterocycles. The minimum absolute atomic E-state index is 0.0386. The third-order valence-electron chi connectivity index (χ3n) is 4.06. The number of hydrogen-bond acceptors (Lipinski definition) is 1. The van der Waals surface area contributed by atoms with Gasteiger partial charge in [0.25, 0.3) is 0 Å². The van der Waals surface area contributed by atoms with Gasteiger partial charge in [0.2, 0.25) is 0 Å². The maximum atomic E-state index is 13.9. The zero-order valence-electron chi connectivity index (χ0n) is 10.7. The predicted molar refractivity (Wildman–Crippen MR) is 64.7 cm³/mol. The smallest absolute Gasteiger partial charge is 0.133 e. The second-order valence-corrected chi connectivity index (χ2v) is 5.37. The molecule has 1 aliphatic carbocycles. The van der Waals surface area contributed by atoms with Gasteiger partial charge in [0.05, 0.1) is 0 Å². The maximum absolute atomic E-state index is 13.9. The van der Waals surface area contributed by atoms with Crippen LogP contribution in [0.1, 0.15) is 44.2 Å². The molecular formula is C14H18F3N. The van der Waals surface area contributed by atoms with Gasteiger partial charge in [-0.15, -0.1) is 0 Å². The molecule has 1 aromatic rings. The van der Waals surface area contributed by atoms with Crippen molar-refractivity contribution in [1.82, 2.24) is 5.32 Å². The fourth-order valence-corrected chi connectivity index (χ4v) is 3.14. The van der Waals surface area contributed by atoms with Crippen molar-refractivity contribution in [3.8, 4) is 0 Å². The molecule has 18 heavy (non-hydrogen) atoms. The lowest BCUT2D eigenvalue weighted by molar-refractivity contribution is 0.223. The molecule has 1 atom stereocenters. The summed E-state index contributed by atoms with van der Waals surface area (Å²) in [7, 11) is 1.69. The van der Waals surface area contributed by atoms with E-state index in [1.54, 1.807) is 7.05 Å². The zero-order chi connectivity index (χ0) is 13.3. The second-order valence-electron chi connectivity index (χ2n) is 5.37. The summed E-state index contributed by atoms with van der Waals surface area (Å²) < 4.78 is 40.7. The van der Waals surface area contributed by atoms with E-state index >= 15 is 0 Å². The molecule has 0 spiro atoms. The van der Waals surface area contributed by atoms with Gasteiger partial charge in [0.1, 0.15) is 17.5 Å². The molecule has 0 amide bonds. The fraction of sp³-hybridized carbons (Fsp3) is 0.571. The van der Waals surface area contributed by atoms with Crippen molar-refractivity contribution < 1.29 is 13.2 Å². The van der Waals surface area contributed by atoms with Crippen LogP contribution in [0.2, 0.25) is 0 Å². The summed E-state index contributed by atoms with van der Waals surface area (Å²) in [4.78, 5) is 0. The minimum atomic E-state index is -0.875. The first-order valence-electron chi connectivity index (χ1n) is 6.29. The van der Waals surface area contributed by atoms with Gasteiger partial charge in [0.15, 0.2) is 0 Å². The van der Waals surface area contributed by atoms with Gasteiger partial charge in [-0.25, -0.2) is 13.2 Å². The molecule has 1 N–H and O–H groups in total. The van der Waals surface area contributed by atoms with E-state index in [-0.39, 0.29) is 11.0 Å². The van der Waals surface area contributed by atoms with Crippen LogP contribution >= 0.6 is 0 Å². The molecule has 1 aromatic carbocycles. The normalized spacial score (nSPS) is 20.1. The number of benzene rings is 1. The van der Waals surface area contributed by atoms with Crippen molar-refractivity contribution in [2.75, 3.05) is 7.05 Å². The van der Waals surface area contributed by atoms with Gasteiger partial charge >= 0.3 is 0 Å². The highest BCUT2D eigenvalue weighted by molar-refractivity contribution is 5.26. The van der Waals surface area contributed by atoms with Gasteiger partial charge < -0.3 is 5.32 Å². The largest absolute Gasteiger partial charge is 0.312 e. The number of halogens is 3. The van der Waals surface area contributed by atoms with Gasteiger partial charge in [-0.05, 0) is 25.3 Å². The Hall–Kier alpha value is -1.03. The number of rotatable bonds is 3. The molecule has 0 bridgehead atoms. The molecule has 0 aromatic heterocycles. The summed E-state index contributed by atoms with van der Waals surface area (Å²) in [5.74, 6) is -2.49. The van der Waals surface area contributed by atoms with E-state index in [2.05, 4.69) is 5.32 Å². The number of hydrogen-bond donors (Lipinski definition) is 1. The maximum Gasteiger partial charge on any atom is 0.133 e. The first-order chi connectivity index (χ1) is 8.48. The summed E-state index contributed by atoms with van der Waals surface area (Å²) in [6.07, 6.45) is 3.99. The first-order valence-corrected chi connectivity index (χ1v) is 6.29. The quantitative estimate of drug-likeness (QED) is 0.864. The van der Waals surface area contributed by atoms with E-state index in [1.807, 2.05) is 6.92 Å². The van der Waals surface area contributed by atoms with Crippen LogP contribution in [0.25, 0.3) is 0 Å². The number of nitrogens with one attached hydrogen (secondary N) is 1. The van der Waals surface area contributed by atoms with Crippen LogP contribution in [0.4, 0.5) is 13.2 Å². The summed E-state index contributed by atoms with van der Waals surface area (Å²) in [5.41, 5.74) is -0.211. The molecule has 0 saturated heterocycles. The highest BCUT2D eigenvalue weighted by atomic mass is 19.1. The van der Waals surface area contributed by atoms with Crippen LogP contribution in [0.15, 0.2) is 12.1 Å². The van der Waals surface area contributed by atoms with E-state index in [0.717, 1.165) is 37.8 Å². The molecule has 1 fully saturated rings. The Morgan fingerprint density at radius 1 is 1.11 bits per heavy atom. The van der Waals surface area contributed by atoms with E-state index < -0.39 is 23.5 Å². The van der Waals surface area contributed by atoms with Gasteiger partial charge in [0, 0.05) is 23.7 Å². The molecule has 100 valence electrons. The van der Waals surface area contributed by atoms with E-state index in [9.17, 15) is 13.2 Å². The molecule has 1 aliphatic rings. The molecule has 4 heteroatoms. The van der Waals surface area contributed by atoms with Crippen molar-refractivity contribution in [2.24, 2.45) is 5.41 Å². The van der Waals surface area contributed by atoms with Crippen molar-refractivity contribution in [2.45, 2.75) is 38.6 Å². The topological polar surface area (TPSA) is 12.0 Å². The van der Waals surface area contributed by atoms with Crippen molar-refractivity contribution in [1.29, 1.82) is 0 Å². The third-order valence-corrected chi connectivity index (χ3v) is 4.06. The van der Waals surface area contributed by atoms with E-state index in [1.165, 1.54) is 0 Å². The van der Waals surface area contributed by atoms with Gasteiger partial charge in [-0.1, -0.05) is 19.8 Å². The zero-order valence-corrected chi connectivity index (χ0v) is 10.7. The lowest BCUT2D eigenvalue weighted by Gasteiger charge is -2.34. The third kappa shape index (κ3) is 2.26. The van der Waals surface area contributed by atoms with Gasteiger partial charge in [-0.2, -0.15) is 0 Å². The minimum Gasteiger partial charge on any atom is -0.312 e. The monoisotopic (exact) mass is 257 g/mol. The van der Waals surface area contributed by atoms with E-state index in [0.29, 0.717) is 0 Å². The Kier molecular flexibility index (Phi) is 3.66. The van der Waals surface area contributed by atoms with Crippen molar-refractivity contribution in [3.05, 3.63) is 35.1 Å². The fourth-order valence-electron chi connectivity index (χ4n) is 3.14. The van der Waals surface area contributed by atoms with Crippen LogP contribution in [0, 0.1) is 22.9 Å². The van der Waals surface area contributed by atoms with Crippen LogP contribution in [0.5, 0.6) is 0 Å². The van der Waals surface area contributed by atoms with Crippen molar-refractivity contribution in [3.63, 3.8) is 0 Å². The molecule has 1 saturated carbocycles. The van der Waals surface area contributed by atoms with Crippen LogP contribution in [0.3, 0.4) is 0 Å².